The second-order valence-corrected chi connectivity index (χ2v) is 8.70. The fourth-order valence-corrected chi connectivity index (χ4v) is 4.28. The Kier molecular flexibility index (Phi) is 6.23. The summed E-state index contributed by atoms with van der Waals surface area (Å²) in [6.07, 6.45) is 1.26. The number of nitrogens with zero attached hydrogens (tertiary/aromatic N) is 3. The van der Waals surface area contributed by atoms with Crippen molar-refractivity contribution >= 4 is 39.9 Å². The van der Waals surface area contributed by atoms with Crippen molar-refractivity contribution in [2.75, 3.05) is 5.32 Å². The first kappa shape index (κ1) is 22.2. The van der Waals surface area contributed by atoms with Crippen molar-refractivity contribution < 1.29 is 9.72 Å². The van der Waals surface area contributed by atoms with Gasteiger partial charge in [-0.25, -0.2) is 4.98 Å². The molecule has 0 saturated heterocycles. The maximum atomic E-state index is 12.7. The molecule has 0 radical (unpaired) electrons. The topological polar surface area (TPSA) is 107 Å². The van der Waals surface area contributed by atoms with Crippen molar-refractivity contribution in [1.29, 1.82) is 0 Å². The van der Waals surface area contributed by atoms with E-state index in [9.17, 15) is 19.7 Å². The summed E-state index contributed by atoms with van der Waals surface area (Å²) in [6, 6.07) is 17.6. The number of non-ortho nitro benzene ring substituents is 1. The third-order valence-corrected chi connectivity index (χ3v) is 6.21. The zero-order chi connectivity index (χ0) is 23.5. The van der Waals surface area contributed by atoms with E-state index in [4.69, 9.17) is 0 Å². The first-order valence-electron chi connectivity index (χ1n) is 10.1. The molecule has 0 spiro atoms. The second-order valence-electron chi connectivity index (χ2n) is 7.58. The lowest BCUT2D eigenvalue weighted by Crippen LogP contribution is -2.27. The minimum absolute atomic E-state index is 0.0901. The third kappa shape index (κ3) is 5.09. The van der Waals surface area contributed by atoms with Gasteiger partial charge < -0.3 is 5.32 Å². The van der Waals surface area contributed by atoms with E-state index in [0.29, 0.717) is 11.2 Å². The highest BCUT2D eigenvalue weighted by Gasteiger charge is 2.13. The number of hydrogen-bond donors (Lipinski definition) is 1. The van der Waals surface area contributed by atoms with Gasteiger partial charge in [0.2, 0.25) is 5.91 Å². The predicted molar refractivity (Wildman–Crippen MR) is 128 cm³/mol. The predicted octanol–water partition coefficient (Wildman–Crippen LogP) is 4.71. The highest BCUT2D eigenvalue weighted by molar-refractivity contribution is 7.99. The Hall–Kier alpha value is -3.98. The number of carbonyl (C=O) groups excluding carboxylic acids is 1. The molecule has 0 aliphatic carbocycles. The number of nitrogens with one attached hydrogen (secondary N) is 1. The molecule has 0 saturated carbocycles. The van der Waals surface area contributed by atoms with Crippen molar-refractivity contribution in [3.05, 3.63) is 98.6 Å². The summed E-state index contributed by atoms with van der Waals surface area (Å²) in [5.41, 5.74) is 2.60. The standard InChI is InChI=1S/C24H20N4O4S/c1-15-3-4-16(2)22(11-15)33-19-8-5-17(6-9-19)26-23(29)13-27-14-25-21-10-7-18(28(31)32)12-20(21)24(27)30/h3-12,14H,13H2,1-2H3,(H,26,29). The molecule has 8 nitrogen and oxygen atoms in total. The van der Waals surface area contributed by atoms with Crippen molar-refractivity contribution in [2.45, 2.75) is 30.2 Å². The monoisotopic (exact) mass is 460 g/mol. The Balaban J connectivity index is 1.46. The highest BCUT2D eigenvalue weighted by atomic mass is 32.2. The number of benzene rings is 3. The minimum Gasteiger partial charge on any atom is -0.325 e. The van der Waals surface area contributed by atoms with Crippen LogP contribution in [-0.4, -0.2) is 20.4 Å². The van der Waals surface area contributed by atoms with Crippen LogP contribution < -0.4 is 10.9 Å². The van der Waals surface area contributed by atoms with Gasteiger partial charge in [0.25, 0.3) is 11.2 Å². The number of aryl methyl sites for hydroxylation is 2. The van der Waals surface area contributed by atoms with Crippen LogP contribution in [0.3, 0.4) is 0 Å². The Labute approximate surface area is 193 Å². The SMILES string of the molecule is Cc1ccc(C)c(Sc2ccc(NC(=O)Cn3cnc4ccc([N+](=O)[O-])cc4c3=O)cc2)c1. The molecule has 0 bridgehead atoms. The van der Waals surface area contributed by atoms with Crippen LogP contribution >= 0.6 is 11.8 Å². The molecule has 166 valence electrons. The van der Waals surface area contributed by atoms with Crippen molar-refractivity contribution in [3.8, 4) is 0 Å². The van der Waals surface area contributed by atoms with Crippen molar-refractivity contribution in [2.24, 2.45) is 0 Å². The molecule has 0 aliphatic rings. The number of nitro groups is 1. The third-order valence-electron chi connectivity index (χ3n) is 5.04. The number of amides is 1. The van der Waals surface area contributed by atoms with E-state index in [-0.39, 0.29) is 17.6 Å². The molecule has 1 amide bonds. The second kappa shape index (κ2) is 9.25. The lowest BCUT2D eigenvalue weighted by molar-refractivity contribution is -0.384. The molecule has 9 heteroatoms. The summed E-state index contributed by atoms with van der Waals surface area (Å²) >= 11 is 1.65. The number of aromatic nitrogens is 2. The molecule has 4 aromatic rings. The number of carbonyl (C=O) groups is 1. The highest BCUT2D eigenvalue weighted by Crippen LogP contribution is 2.31. The Morgan fingerprint density at radius 2 is 1.85 bits per heavy atom. The van der Waals surface area contributed by atoms with Crippen molar-refractivity contribution in [1.82, 2.24) is 9.55 Å². The molecule has 0 unspecified atom stereocenters. The van der Waals surface area contributed by atoms with Gasteiger partial charge in [-0.3, -0.25) is 24.3 Å². The van der Waals surface area contributed by atoms with Crippen LogP contribution in [0.25, 0.3) is 10.9 Å². The maximum Gasteiger partial charge on any atom is 0.270 e. The number of hydrogen-bond acceptors (Lipinski definition) is 6. The van der Waals surface area contributed by atoms with Crippen molar-refractivity contribution in [3.63, 3.8) is 0 Å². The molecular formula is C24H20N4O4S. The number of nitro benzene ring substituents is 1. The number of rotatable bonds is 6. The van der Waals surface area contributed by atoms with Crippen LogP contribution in [0.15, 0.2) is 81.6 Å². The summed E-state index contributed by atoms with van der Waals surface area (Å²) in [4.78, 5) is 41.9. The van der Waals surface area contributed by atoms with Gasteiger partial charge in [0.1, 0.15) is 6.54 Å². The zero-order valence-electron chi connectivity index (χ0n) is 17.9. The van der Waals surface area contributed by atoms with E-state index in [1.165, 1.54) is 40.5 Å². The quantitative estimate of drug-likeness (QED) is 0.330. The molecule has 0 atom stereocenters. The molecule has 0 aliphatic heterocycles. The van der Waals surface area contributed by atoms with E-state index in [1.807, 2.05) is 12.1 Å². The van der Waals surface area contributed by atoms with E-state index in [0.717, 1.165) is 9.46 Å². The average Bonchev–Trinajstić information content (AvgIpc) is 2.79. The van der Waals surface area contributed by atoms with Gasteiger partial charge in [0.05, 0.1) is 22.2 Å². The van der Waals surface area contributed by atoms with Crippen LogP contribution in [-0.2, 0) is 11.3 Å². The molecule has 1 aromatic heterocycles. The van der Waals surface area contributed by atoms with E-state index in [2.05, 4.69) is 42.3 Å². The van der Waals surface area contributed by atoms with Crippen LogP contribution in [0.1, 0.15) is 11.1 Å². The minimum atomic E-state index is -0.578. The van der Waals surface area contributed by atoms with Gasteiger partial charge in [0, 0.05) is 27.6 Å². The summed E-state index contributed by atoms with van der Waals surface area (Å²) in [5.74, 6) is -0.404. The number of fused-ring (bicyclic) bond motifs is 1. The van der Waals surface area contributed by atoms with E-state index in [1.54, 1.807) is 23.9 Å². The Morgan fingerprint density at radius 1 is 1.09 bits per heavy atom. The van der Waals surface area contributed by atoms with Gasteiger partial charge in [0.15, 0.2) is 0 Å². The normalized spacial score (nSPS) is 10.8. The van der Waals surface area contributed by atoms with E-state index < -0.39 is 16.4 Å². The van der Waals surface area contributed by atoms with Gasteiger partial charge >= 0.3 is 0 Å². The summed E-state index contributed by atoms with van der Waals surface area (Å²) in [5, 5.41) is 13.8. The van der Waals surface area contributed by atoms with Gasteiger partial charge in [-0.1, -0.05) is 23.9 Å². The van der Waals surface area contributed by atoms with Gasteiger partial charge in [-0.2, -0.15) is 0 Å². The maximum absolute atomic E-state index is 12.7. The fraction of sp³-hybridized carbons (Fsp3) is 0.125. The fourth-order valence-electron chi connectivity index (χ4n) is 3.28. The summed E-state index contributed by atoms with van der Waals surface area (Å²) in [6.45, 7) is 3.86. The first-order chi connectivity index (χ1) is 15.8. The Bertz CT molecular complexity index is 1430. The molecule has 0 fully saturated rings. The first-order valence-corrected chi connectivity index (χ1v) is 10.9. The van der Waals surface area contributed by atoms with Gasteiger partial charge in [-0.05, 0) is 61.4 Å². The van der Waals surface area contributed by atoms with Crippen LogP contribution in [0.4, 0.5) is 11.4 Å². The number of anilines is 1. The molecule has 1 heterocycles. The molecule has 33 heavy (non-hydrogen) atoms. The van der Waals surface area contributed by atoms with Crippen LogP contribution in [0, 0.1) is 24.0 Å². The largest absolute Gasteiger partial charge is 0.325 e. The molecule has 3 aromatic carbocycles. The van der Waals surface area contributed by atoms with Gasteiger partial charge in [-0.15, -0.1) is 0 Å². The summed E-state index contributed by atoms with van der Waals surface area (Å²) < 4.78 is 1.13. The smallest absolute Gasteiger partial charge is 0.270 e. The van der Waals surface area contributed by atoms with Crippen LogP contribution in [0.2, 0.25) is 0 Å². The van der Waals surface area contributed by atoms with E-state index >= 15 is 0 Å². The molecule has 1 N–H and O–H groups in total. The summed E-state index contributed by atoms with van der Waals surface area (Å²) in [7, 11) is 0. The molecular weight excluding hydrogens is 440 g/mol. The lowest BCUT2D eigenvalue weighted by atomic mass is 10.2. The molecule has 4 rings (SSSR count). The Morgan fingerprint density at radius 3 is 2.58 bits per heavy atom. The van der Waals surface area contributed by atoms with Crippen LogP contribution in [0.5, 0.6) is 0 Å². The zero-order valence-corrected chi connectivity index (χ0v) is 18.8. The average molecular weight is 461 g/mol. The lowest BCUT2D eigenvalue weighted by Gasteiger charge is -2.10.